The Kier molecular flexibility index (Phi) is 7.92. The van der Waals surface area contributed by atoms with Crippen LogP contribution < -0.4 is 9.47 Å². The van der Waals surface area contributed by atoms with Crippen LogP contribution in [0.15, 0.2) is 53.8 Å². The predicted molar refractivity (Wildman–Crippen MR) is 146 cm³/mol. The molecule has 0 saturated carbocycles. The van der Waals surface area contributed by atoms with Gasteiger partial charge in [0.1, 0.15) is 5.82 Å². The molecule has 0 spiro atoms. The van der Waals surface area contributed by atoms with E-state index < -0.39 is 23.2 Å². The predicted octanol–water partition coefficient (Wildman–Crippen LogP) is 5.10. The van der Waals surface area contributed by atoms with E-state index in [2.05, 4.69) is 15.2 Å². The quantitative estimate of drug-likeness (QED) is 0.204. The zero-order valence-corrected chi connectivity index (χ0v) is 24.1. The molecular formula is C28H28F4N6O3S. The van der Waals surface area contributed by atoms with E-state index in [-0.39, 0.29) is 37.1 Å². The summed E-state index contributed by atoms with van der Waals surface area (Å²) in [6.45, 7) is 4.00. The molecule has 222 valence electrons. The molecule has 0 fully saturated rings. The second kappa shape index (κ2) is 11.3. The third-order valence-corrected chi connectivity index (χ3v) is 8.18. The Morgan fingerprint density at radius 3 is 2.38 bits per heavy atom. The van der Waals surface area contributed by atoms with E-state index in [0.29, 0.717) is 22.3 Å². The number of alkyl halides is 3. The van der Waals surface area contributed by atoms with Crippen LogP contribution in [0.5, 0.6) is 11.5 Å². The summed E-state index contributed by atoms with van der Waals surface area (Å²) >= 11 is 1.18. The number of benzene rings is 2. The van der Waals surface area contributed by atoms with Gasteiger partial charge < -0.3 is 18.9 Å². The highest BCUT2D eigenvalue weighted by atomic mass is 32.2. The van der Waals surface area contributed by atoms with Crippen molar-refractivity contribution in [3.63, 3.8) is 0 Å². The second-order valence-corrected chi connectivity index (χ2v) is 11.1. The molecule has 1 aliphatic rings. The number of rotatable bonds is 8. The highest BCUT2D eigenvalue weighted by Gasteiger charge is 2.40. The van der Waals surface area contributed by atoms with Crippen LogP contribution in [-0.2, 0) is 29.5 Å². The van der Waals surface area contributed by atoms with Crippen molar-refractivity contribution in [2.75, 3.05) is 26.5 Å². The number of hydrogen-bond donors (Lipinski definition) is 0. The molecule has 0 N–H and O–H groups in total. The van der Waals surface area contributed by atoms with E-state index in [1.54, 1.807) is 32.5 Å². The number of carbonyl (C=O) groups excluding carboxylic acids is 1. The maximum Gasteiger partial charge on any atom is 0.451 e. The van der Waals surface area contributed by atoms with E-state index in [9.17, 15) is 22.4 Å². The summed E-state index contributed by atoms with van der Waals surface area (Å²) in [6.07, 6.45) is -2.90. The normalized spacial score (nSPS) is 13.7. The van der Waals surface area contributed by atoms with Gasteiger partial charge in [-0.2, -0.15) is 13.2 Å². The number of ether oxygens (including phenoxy) is 2. The Morgan fingerprint density at radius 2 is 1.71 bits per heavy atom. The first kappa shape index (κ1) is 29.4. The SMILES string of the molecule is COc1ccc(C(C)(C)c2cnc(SCC(=O)N3CCn4c(nnc4C(F)(F)F)C3)n2-c2ccc(F)cc2)cc1OC. The zero-order valence-electron chi connectivity index (χ0n) is 23.3. The fourth-order valence-electron chi connectivity index (χ4n) is 4.89. The van der Waals surface area contributed by atoms with Gasteiger partial charge in [0.05, 0.1) is 38.4 Å². The Labute approximate surface area is 243 Å². The highest BCUT2D eigenvalue weighted by Crippen LogP contribution is 2.39. The largest absolute Gasteiger partial charge is 0.493 e. The number of methoxy groups -OCH3 is 2. The average molecular weight is 605 g/mol. The fourth-order valence-corrected chi connectivity index (χ4v) is 5.78. The summed E-state index contributed by atoms with van der Waals surface area (Å²) in [5.41, 5.74) is 1.73. The minimum absolute atomic E-state index is 0.0191. The van der Waals surface area contributed by atoms with Crippen molar-refractivity contribution in [2.24, 2.45) is 0 Å². The lowest BCUT2D eigenvalue weighted by atomic mass is 9.81. The maximum atomic E-state index is 13.8. The molecule has 0 radical (unpaired) electrons. The van der Waals surface area contributed by atoms with Crippen molar-refractivity contribution < 1.29 is 31.8 Å². The Hall–Kier alpha value is -4.07. The molecule has 2 aromatic heterocycles. The van der Waals surface area contributed by atoms with Crippen LogP contribution in [-0.4, -0.2) is 61.6 Å². The molecule has 9 nitrogen and oxygen atoms in total. The fraction of sp³-hybridized carbons (Fsp3) is 0.357. The molecule has 1 aliphatic heterocycles. The third-order valence-electron chi connectivity index (χ3n) is 7.24. The smallest absolute Gasteiger partial charge is 0.451 e. The van der Waals surface area contributed by atoms with Crippen LogP contribution in [0.2, 0.25) is 0 Å². The molecule has 0 aliphatic carbocycles. The van der Waals surface area contributed by atoms with Crippen LogP contribution in [0, 0.1) is 5.82 Å². The van der Waals surface area contributed by atoms with Gasteiger partial charge in [0.25, 0.3) is 0 Å². The molecule has 0 saturated heterocycles. The summed E-state index contributed by atoms with van der Waals surface area (Å²) < 4.78 is 67.2. The number of nitrogens with zero attached hydrogens (tertiary/aromatic N) is 6. The van der Waals surface area contributed by atoms with E-state index >= 15 is 0 Å². The molecule has 2 aromatic carbocycles. The van der Waals surface area contributed by atoms with Gasteiger partial charge in [-0.15, -0.1) is 10.2 Å². The maximum absolute atomic E-state index is 13.8. The topological polar surface area (TPSA) is 87.3 Å². The first-order valence-corrected chi connectivity index (χ1v) is 13.9. The molecule has 5 rings (SSSR count). The minimum atomic E-state index is -4.62. The summed E-state index contributed by atoms with van der Waals surface area (Å²) in [4.78, 5) is 19.2. The van der Waals surface area contributed by atoms with Crippen molar-refractivity contribution in [2.45, 2.75) is 43.7 Å². The molecular weight excluding hydrogens is 576 g/mol. The standard InChI is InChI=1S/C28H28F4N6O3S/c1-27(2,17-5-10-20(40-3)21(13-17)41-4)22-14-33-26(38(22)19-8-6-18(29)7-9-19)42-16-24(39)36-11-12-37-23(15-36)34-35-25(37)28(30,31)32/h5-10,13-14H,11-12,15-16H2,1-4H3. The number of halogens is 4. The van der Waals surface area contributed by atoms with Crippen molar-refractivity contribution in [3.05, 3.63) is 77.4 Å². The van der Waals surface area contributed by atoms with Crippen LogP contribution in [0.3, 0.4) is 0 Å². The molecule has 3 heterocycles. The lowest BCUT2D eigenvalue weighted by molar-refractivity contribution is -0.148. The number of hydrogen-bond acceptors (Lipinski definition) is 7. The van der Waals surface area contributed by atoms with Gasteiger partial charge >= 0.3 is 6.18 Å². The third kappa shape index (κ3) is 5.54. The van der Waals surface area contributed by atoms with Gasteiger partial charge in [0, 0.05) is 24.2 Å². The summed E-state index contributed by atoms with van der Waals surface area (Å²) in [7, 11) is 3.12. The van der Waals surface area contributed by atoms with E-state index in [4.69, 9.17) is 9.47 Å². The monoisotopic (exact) mass is 604 g/mol. The van der Waals surface area contributed by atoms with E-state index in [0.717, 1.165) is 15.8 Å². The van der Waals surface area contributed by atoms with Crippen LogP contribution in [0.1, 0.15) is 36.8 Å². The van der Waals surface area contributed by atoms with Crippen LogP contribution >= 0.6 is 11.8 Å². The minimum Gasteiger partial charge on any atom is -0.493 e. The van der Waals surface area contributed by atoms with Crippen molar-refractivity contribution in [1.82, 2.24) is 29.2 Å². The highest BCUT2D eigenvalue weighted by molar-refractivity contribution is 7.99. The number of imidazole rings is 1. The number of aromatic nitrogens is 5. The number of thioether (sulfide) groups is 1. The van der Waals surface area contributed by atoms with Gasteiger partial charge in [-0.25, -0.2) is 9.37 Å². The molecule has 4 aromatic rings. The molecule has 42 heavy (non-hydrogen) atoms. The lowest BCUT2D eigenvalue weighted by Crippen LogP contribution is -2.40. The molecule has 0 atom stereocenters. The van der Waals surface area contributed by atoms with Gasteiger partial charge in [-0.3, -0.25) is 9.36 Å². The Bertz CT molecular complexity index is 1600. The molecule has 0 bridgehead atoms. The second-order valence-electron chi connectivity index (χ2n) is 10.1. The molecule has 0 unspecified atom stereocenters. The van der Waals surface area contributed by atoms with Crippen molar-refractivity contribution in [3.8, 4) is 17.2 Å². The number of carbonyl (C=O) groups is 1. The summed E-state index contributed by atoms with van der Waals surface area (Å²) in [6, 6.07) is 11.6. The van der Waals surface area contributed by atoms with Gasteiger partial charge in [0.2, 0.25) is 11.7 Å². The van der Waals surface area contributed by atoms with Gasteiger partial charge in [-0.1, -0.05) is 31.7 Å². The lowest BCUT2D eigenvalue weighted by Gasteiger charge is -2.29. The van der Waals surface area contributed by atoms with Crippen LogP contribution in [0.25, 0.3) is 5.69 Å². The average Bonchev–Trinajstić information content (AvgIpc) is 3.60. The molecule has 1 amide bonds. The van der Waals surface area contributed by atoms with E-state index in [1.807, 2.05) is 36.6 Å². The zero-order chi connectivity index (χ0) is 30.2. The summed E-state index contributed by atoms with van der Waals surface area (Å²) in [5, 5.41) is 7.41. The first-order valence-electron chi connectivity index (χ1n) is 12.9. The van der Waals surface area contributed by atoms with E-state index in [1.165, 1.54) is 28.8 Å². The van der Waals surface area contributed by atoms with Crippen molar-refractivity contribution >= 4 is 17.7 Å². The number of amides is 1. The van der Waals surface area contributed by atoms with Crippen LogP contribution in [0.4, 0.5) is 17.6 Å². The van der Waals surface area contributed by atoms with Crippen molar-refractivity contribution in [1.29, 1.82) is 0 Å². The number of fused-ring (bicyclic) bond motifs is 1. The Balaban J connectivity index is 1.42. The van der Waals surface area contributed by atoms with Gasteiger partial charge in [-0.05, 0) is 42.0 Å². The Morgan fingerprint density at radius 1 is 1.00 bits per heavy atom. The summed E-state index contributed by atoms with van der Waals surface area (Å²) in [5.74, 6) is -0.522. The molecule has 14 heteroatoms. The first-order chi connectivity index (χ1) is 19.9. The van der Waals surface area contributed by atoms with Gasteiger partial charge in [0.15, 0.2) is 22.5 Å².